The van der Waals surface area contributed by atoms with Gasteiger partial charge in [0.05, 0.1) is 0 Å². The second-order valence-corrected chi connectivity index (χ2v) is 2.44. The van der Waals surface area contributed by atoms with E-state index in [1.54, 1.807) is 13.0 Å². The Morgan fingerprint density at radius 1 is 1.36 bits per heavy atom. The zero-order valence-corrected chi connectivity index (χ0v) is 6.32. The summed E-state index contributed by atoms with van der Waals surface area (Å²) in [5, 5.41) is 0. The molecular formula is C10H15F. The van der Waals surface area contributed by atoms with Gasteiger partial charge in [0, 0.05) is 0 Å². The Balaban J connectivity index is 0.000001000. The van der Waals surface area contributed by atoms with E-state index in [2.05, 4.69) is 0 Å². The highest BCUT2D eigenvalue weighted by Gasteiger charge is 1.95. The Hall–Kier alpha value is -0.850. The summed E-state index contributed by atoms with van der Waals surface area (Å²) >= 11 is 0. The normalized spacial score (nSPS) is 9.00. The summed E-state index contributed by atoms with van der Waals surface area (Å²) < 4.78 is 12.8. The van der Waals surface area contributed by atoms with Crippen molar-refractivity contribution < 1.29 is 4.39 Å². The second-order valence-electron chi connectivity index (χ2n) is 2.44. The van der Waals surface area contributed by atoms with E-state index in [0.717, 1.165) is 17.5 Å². The minimum absolute atomic E-state index is 0. The van der Waals surface area contributed by atoms with E-state index in [0.29, 0.717) is 0 Å². The van der Waals surface area contributed by atoms with Crippen LogP contribution in [0.1, 0.15) is 25.5 Å². The van der Waals surface area contributed by atoms with E-state index < -0.39 is 0 Å². The van der Waals surface area contributed by atoms with Crippen molar-refractivity contribution in [3.05, 3.63) is 35.1 Å². The Kier molecular flexibility index (Phi) is 3.80. The summed E-state index contributed by atoms with van der Waals surface area (Å²) in [5.41, 5.74) is 1.78. The minimum atomic E-state index is -0.0978. The van der Waals surface area contributed by atoms with Crippen molar-refractivity contribution in [3.63, 3.8) is 0 Å². The monoisotopic (exact) mass is 154 g/mol. The molecule has 0 saturated carbocycles. The first-order valence-corrected chi connectivity index (χ1v) is 3.49. The molecule has 11 heavy (non-hydrogen) atoms. The van der Waals surface area contributed by atoms with Gasteiger partial charge in [-0.25, -0.2) is 4.39 Å². The maximum Gasteiger partial charge on any atom is 0.126 e. The standard InChI is InChI=1S/C9H11F.CH4/c1-3-8-5-4-7(2)9(10)6-8;/h4-6H,3H2,1-2H3;1H4. The smallest absolute Gasteiger partial charge is 0.126 e. The SMILES string of the molecule is C.CCc1ccc(C)c(F)c1. The zero-order chi connectivity index (χ0) is 7.56. The quantitative estimate of drug-likeness (QED) is 0.582. The van der Waals surface area contributed by atoms with Crippen LogP contribution in [0.3, 0.4) is 0 Å². The molecule has 0 aromatic heterocycles. The molecule has 0 unspecified atom stereocenters. The van der Waals surface area contributed by atoms with Crippen LogP contribution in [-0.2, 0) is 6.42 Å². The molecule has 0 aliphatic rings. The van der Waals surface area contributed by atoms with Crippen LogP contribution in [0, 0.1) is 12.7 Å². The maximum absolute atomic E-state index is 12.8. The fourth-order valence-electron chi connectivity index (χ4n) is 0.856. The van der Waals surface area contributed by atoms with Gasteiger partial charge in [-0.1, -0.05) is 26.5 Å². The molecule has 1 rings (SSSR count). The van der Waals surface area contributed by atoms with Gasteiger partial charge >= 0.3 is 0 Å². The van der Waals surface area contributed by atoms with Crippen LogP contribution >= 0.6 is 0 Å². The first kappa shape index (κ1) is 10.2. The van der Waals surface area contributed by atoms with E-state index >= 15 is 0 Å². The molecule has 0 fully saturated rings. The van der Waals surface area contributed by atoms with Gasteiger partial charge in [-0.05, 0) is 30.5 Å². The fourth-order valence-corrected chi connectivity index (χ4v) is 0.856. The molecule has 0 heterocycles. The third kappa shape index (κ3) is 2.34. The van der Waals surface area contributed by atoms with Gasteiger partial charge in [0.1, 0.15) is 5.82 Å². The molecule has 0 saturated heterocycles. The van der Waals surface area contributed by atoms with Crippen LogP contribution < -0.4 is 0 Å². The van der Waals surface area contributed by atoms with Gasteiger partial charge < -0.3 is 0 Å². The highest BCUT2D eigenvalue weighted by atomic mass is 19.1. The van der Waals surface area contributed by atoms with Crippen LogP contribution in [0.2, 0.25) is 0 Å². The average molecular weight is 154 g/mol. The molecule has 1 heteroatoms. The van der Waals surface area contributed by atoms with Crippen LogP contribution in [0.15, 0.2) is 18.2 Å². The van der Waals surface area contributed by atoms with E-state index in [1.165, 1.54) is 0 Å². The molecule has 62 valence electrons. The molecule has 0 spiro atoms. The van der Waals surface area contributed by atoms with Crippen molar-refractivity contribution >= 4 is 0 Å². The molecule has 0 N–H and O–H groups in total. The van der Waals surface area contributed by atoms with E-state index in [1.807, 2.05) is 19.1 Å². The number of hydrogen-bond donors (Lipinski definition) is 0. The Bertz CT molecular complexity index is 228. The summed E-state index contributed by atoms with van der Waals surface area (Å²) in [5.74, 6) is -0.0978. The minimum Gasteiger partial charge on any atom is -0.207 e. The molecule has 0 radical (unpaired) electrons. The van der Waals surface area contributed by atoms with Gasteiger partial charge in [-0.3, -0.25) is 0 Å². The summed E-state index contributed by atoms with van der Waals surface area (Å²) in [6.45, 7) is 3.79. The third-order valence-electron chi connectivity index (χ3n) is 1.64. The Labute approximate surface area is 68.1 Å². The largest absolute Gasteiger partial charge is 0.207 e. The van der Waals surface area contributed by atoms with Crippen molar-refractivity contribution in [2.45, 2.75) is 27.7 Å². The number of hydrogen-bond acceptors (Lipinski definition) is 0. The highest BCUT2D eigenvalue weighted by molar-refractivity contribution is 5.22. The van der Waals surface area contributed by atoms with Gasteiger partial charge in [0.15, 0.2) is 0 Å². The summed E-state index contributed by atoms with van der Waals surface area (Å²) in [4.78, 5) is 0. The molecular weight excluding hydrogens is 139 g/mol. The highest BCUT2D eigenvalue weighted by Crippen LogP contribution is 2.08. The second kappa shape index (κ2) is 4.12. The van der Waals surface area contributed by atoms with Crippen molar-refractivity contribution in [1.82, 2.24) is 0 Å². The van der Waals surface area contributed by atoms with Crippen LogP contribution in [0.25, 0.3) is 0 Å². The maximum atomic E-state index is 12.8. The van der Waals surface area contributed by atoms with E-state index in [4.69, 9.17) is 0 Å². The lowest BCUT2D eigenvalue weighted by Crippen LogP contribution is -1.85. The predicted molar refractivity (Wildman–Crippen MR) is 47.2 cm³/mol. The molecule has 0 aliphatic heterocycles. The van der Waals surface area contributed by atoms with Crippen molar-refractivity contribution in [2.24, 2.45) is 0 Å². The molecule has 1 aromatic carbocycles. The molecule has 0 aliphatic carbocycles. The van der Waals surface area contributed by atoms with Gasteiger partial charge in [-0.2, -0.15) is 0 Å². The summed E-state index contributed by atoms with van der Waals surface area (Å²) in [7, 11) is 0. The fraction of sp³-hybridized carbons (Fsp3) is 0.400. The molecule has 0 bridgehead atoms. The molecule has 1 aromatic rings. The Morgan fingerprint density at radius 3 is 2.45 bits per heavy atom. The number of halogens is 1. The number of benzene rings is 1. The van der Waals surface area contributed by atoms with Crippen molar-refractivity contribution in [2.75, 3.05) is 0 Å². The summed E-state index contributed by atoms with van der Waals surface area (Å²) in [6.07, 6.45) is 0.900. The zero-order valence-electron chi connectivity index (χ0n) is 6.32. The first-order chi connectivity index (χ1) is 4.74. The van der Waals surface area contributed by atoms with Gasteiger partial charge in [0.25, 0.3) is 0 Å². The number of rotatable bonds is 1. The van der Waals surface area contributed by atoms with E-state index in [9.17, 15) is 4.39 Å². The molecule has 0 amide bonds. The first-order valence-electron chi connectivity index (χ1n) is 3.49. The number of aryl methyl sites for hydroxylation is 2. The van der Waals surface area contributed by atoms with E-state index in [-0.39, 0.29) is 13.2 Å². The van der Waals surface area contributed by atoms with Crippen LogP contribution in [0.4, 0.5) is 4.39 Å². The molecule has 0 nitrogen and oxygen atoms in total. The van der Waals surface area contributed by atoms with Gasteiger partial charge in [-0.15, -0.1) is 0 Å². The van der Waals surface area contributed by atoms with Crippen LogP contribution in [0.5, 0.6) is 0 Å². The predicted octanol–water partition coefficient (Wildman–Crippen LogP) is 3.33. The van der Waals surface area contributed by atoms with Gasteiger partial charge in [0.2, 0.25) is 0 Å². The van der Waals surface area contributed by atoms with Crippen molar-refractivity contribution in [3.8, 4) is 0 Å². The third-order valence-corrected chi connectivity index (χ3v) is 1.64. The summed E-state index contributed by atoms with van der Waals surface area (Å²) in [6, 6.07) is 5.36. The lowest BCUT2D eigenvalue weighted by Gasteiger charge is -1.98. The van der Waals surface area contributed by atoms with Crippen LogP contribution in [-0.4, -0.2) is 0 Å². The Morgan fingerprint density at radius 2 is 2.00 bits per heavy atom. The molecule has 0 atom stereocenters. The topological polar surface area (TPSA) is 0 Å². The lowest BCUT2D eigenvalue weighted by molar-refractivity contribution is 0.616. The van der Waals surface area contributed by atoms with Crippen molar-refractivity contribution in [1.29, 1.82) is 0 Å². The lowest BCUT2D eigenvalue weighted by atomic mass is 10.1. The average Bonchev–Trinajstić information content (AvgIpc) is 1.95.